The van der Waals surface area contributed by atoms with Crippen molar-refractivity contribution in [3.8, 4) is 11.4 Å². The molecule has 1 aliphatic heterocycles. The highest BCUT2D eigenvalue weighted by molar-refractivity contribution is 6.30. The number of aromatic nitrogens is 3. The highest BCUT2D eigenvalue weighted by Crippen LogP contribution is 2.34. The molecule has 2 aromatic carbocycles. The fraction of sp³-hybridized carbons (Fsp3) is 0.273. The van der Waals surface area contributed by atoms with E-state index in [2.05, 4.69) is 10.2 Å². The number of amides is 1. The van der Waals surface area contributed by atoms with Gasteiger partial charge in [-0.2, -0.15) is 0 Å². The summed E-state index contributed by atoms with van der Waals surface area (Å²) in [6.07, 6.45) is 0.771. The zero-order valence-electron chi connectivity index (χ0n) is 17.1. The number of nitrogens with two attached hydrogens (primary N) is 2. The number of ether oxygens (including phenoxy) is 1. The Bertz CT molecular complexity index is 1140. The van der Waals surface area contributed by atoms with Crippen LogP contribution >= 0.6 is 11.6 Å². The van der Waals surface area contributed by atoms with E-state index in [1.54, 1.807) is 12.1 Å². The maximum atomic E-state index is 11.8. The van der Waals surface area contributed by atoms with Gasteiger partial charge in [0.05, 0.1) is 24.4 Å². The van der Waals surface area contributed by atoms with E-state index >= 15 is 0 Å². The van der Waals surface area contributed by atoms with Crippen LogP contribution in [-0.2, 0) is 4.79 Å². The van der Waals surface area contributed by atoms with E-state index in [9.17, 15) is 4.79 Å². The molecule has 2 heterocycles. The van der Waals surface area contributed by atoms with E-state index in [0.29, 0.717) is 41.3 Å². The maximum Gasteiger partial charge on any atom is 0.220 e. The third kappa shape index (κ3) is 4.30. The Balaban J connectivity index is 1.92. The van der Waals surface area contributed by atoms with Crippen LogP contribution in [0, 0.1) is 6.92 Å². The summed E-state index contributed by atoms with van der Waals surface area (Å²) >= 11 is 6.10. The monoisotopic (exact) mass is 438 g/mol. The minimum atomic E-state index is -0.571. The lowest BCUT2D eigenvalue weighted by atomic mass is 10.00. The average Bonchev–Trinajstić information content (AvgIpc) is 3.07. The number of aliphatic imine (C=N–C) groups is 1. The normalized spacial score (nSPS) is 14.9. The van der Waals surface area contributed by atoms with Crippen LogP contribution in [0.15, 0.2) is 47.5 Å². The van der Waals surface area contributed by atoms with Crippen molar-refractivity contribution in [2.45, 2.75) is 25.8 Å². The first-order chi connectivity index (χ1) is 15.0. The first kappa shape index (κ1) is 21.0. The Hall–Kier alpha value is -3.23. The molecule has 31 heavy (non-hydrogen) atoms. The van der Waals surface area contributed by atoms with Crippen LogP contribution in [0.25, 0.3) is 5.69 Å². The van der Waals surface area contributed by atoms with Crippen molar-refractivity contribution in [2.75, 3.05) is 13.2 Å². The van der Waals surface area contributed by atoms with Crippen molar-refractivity contribution in [1.29, 1.82) is 0 Å². The number of halogens is 1. The number of fused-ring (bicyclic) bond motifs is 3. The lowest BCUT2D eigenvalue weighted by Crippen LogP contribution is -2.17. The molecule has 9 heteroatoms. The number of carbonyl (C=O) groups is 1. The van der Waals surface area contributed by atoms with Gasteiger partial charge >= 0.3 is 0 Å². The standard InChI is InChI=1S/C22H23ClN6O2/c1-13-27-28-22-18(12-20(25)30)26-21(14-3-5-15(23)6-4-14)17-11-16(31-10-2-9-24)7-8-19(17)29(13)22/h3-8,11,18H,2,9-10,12,24H2,1H3,(H2,25,30)/t18-/m0/s1. The second-order valence-electron chi connectivity index (χ2n) is 7.28. The van der Waals surface area contributed by atoms with Crippen molar-refractivity contribution >= 4 is 23.2 Å². The first-order valence-electron chi connectivity index (χ1n) is 9.99. The summed E-state index contributed by atoms with van der Waals surface area (Å²) in [6, 6.07) is 12.6. The molecule has 0 spiro atoms. The van der Waals surface area contributed by atoms with Gasteiger partial charge in [-0.05, 0) is 50.2 Å². The van der Waals surface area contributed by atoms with Gasteiger partial charge in [0.25, 0.3) is 0 Å². The molecule has 0 saturated carbocycles. The molecule has 160 valence electrons. The Morgan fingerprint density at radius 2 is 1.97 bits per heavy atom. The predicted molar refractivity (Wildman–Crippen MR) is 119 cm³/mol. The molecule has 0 bridgehead atoms. The third-order valence-corrected chi connectivity index (χ3v) is 5.28. The molecule has 1 aliphatic rings. The van der Waals surface area contributed by atoms with Crippen LogP contribution in [0.2, 0.25) is 5.02 Å². The zero-order chi connectivity index (χ0) is 22.0. The van der Waals surface area contributed by atoms with E-state index < -0.39 is 11.9 Å². The average molecular weight is 439 g/mol. The van der Waals surface area contributed by atoms with E-state index in [1.165, 1.54) is 0 Å². The number of hydrogen-bond donors (Lipinski definition) is 2. The number of carbonyl (C=O) groups excluding carboxylic acids is 1. The second-order valence-corrected chi connectivity index (χ2v) is 7.72. The van der Waals surface area contributed by atoms with Gasteiger partial charge in [-0.3, -0.25) is 14.4 Å². The topological polar surface area (TPSA) is 121 Å². The molecule has 1 amide bonds. The summed E-state index contributed by atoms with van der Waals surface area (Å²) in [5.41, 5.74) is 14.4. The van der Waals surface area contributed by atoms with Crippen LogP contribution in [0.3, 0.4) is 0 Å². The minimum absolute atomic E-state index is 0.0169. The van der Waals surface area contributed by atoms with Crippen LogP contribution < -0.4 is 16.2 Å². The van der Waals surface area contributed by atoms with Crippen molar-refractivity contribution in [1.82, 2.24) is 14.8 Å². The first-order valence-corrected chi connectivity index (χ1v) is 10.4. The summed E-state index contributed by atoms with van der Waals surface area (Å²) in [4.78, 5) is 16.7. The Labute approximate surface area is 184 Å². The summed E-state index contributed by atoms with van der Waals surface area (Å²) < 4.78 is 7.79. The van der Waals surface area contributed by atoms with Crippen molar-refractivity contribution < 1.29 is 9.53 Å². The van der Waals surface area contributed by atoms with Gasteiger partial charge in [0.15, 0.2) is 5.82 Å². The molecular weight excluding hydrogens is 416 g/mol. The van der Waals surface area contributed by atoms with Gasteiger partial charge < -0.3 is 16.2 Å². The largest absolute Gasteiger partial charge is 0.494 e. The predicted octanol–water partition coefficient (Wildman–Crippen LogP) is 2.72. The maximum absolute atomic E-state index is 11.8. The van der Waals surface area contributed by atoms with E-state index in [-0.39, 0.29) is 6.42 Å². The number of rotatable bonds is 7. The highest BCUT2D eigenvalue weighted by atomic mass is 35.5. The van der Waals surface area contributed by atoms with Gasteiger partial charge in [-0.25, -0.2) is 0 Å². The number of primary amides is 1. The molecule has 4 rings (SSSR count). The molecule has 1 atom stereocenters. The van der Waals surface area contributed by atoms with E-state index in [4.69, 9.17) is 32.8 Å². The van der Waals surface area contributed by atoms with Gasteiger partial charge in [-0.15, -0.1) is 10.2 Å². The van der Waals surface area contributed by atoms with Crippen LogP contribution in [0.1, 0.15) is 41.7 Å². The highest BCUT2D eigenvalue weighted by Gasteiger charge is 2.29. The summed E-state index contributed by atoms with van der Waals surface area (Å²) in [6.45, 7) is 2.94. The molecule has 0 fully saturated rings. The molecule has 0 radical (unpaired) electrons. The molecule has 3 aromatic rings. The van der Waals surface area contributed by atoms with Crippen molar-refractivity contribution in [2.24, 2.45) is 16.5 Å². The molecule has 1 aromatic heterocycles. The fourth-order valence-electron chi connectivity index (χ4n) is 3.60. The Kier molecular flexibility index (Phi) is 6.01. The lowest BCUT2D eigenvalue weighted by Gasteiger charge is -2.15. The zero-order valence-corrected chi connectivity index (χ0v) is 17.8. The molecular formula is C22H23ClN6O2. The summed E-state index contributed by atoms with van der Waals surface area (Å²) in [5, 5.41) is 9.15. The molecule has 8 nitrogen and oxygen atoms in total. The van der Waals surface area contributed by atoms with E-state index in [1.807, 2.05) is 41.8 Å². The number of benzene rings is 2. The quantitative estimate of drug-likeness (QED) is 0.549. The van der Waals surface area contributed by atoms with Gasteiger partial charge in [-0.1, -0.05) is 23.7 Å². The number of aryl methyl sites for hydroxylation is 1. The molecule has 0 saturated heterocycles. The lowest BCUT2D eigenvalue weighted by molar-refractivity contribution is -0.118. The fourth-order valence-corrected chi connectivity index (χ4v) is 3.73. The number of nitrogens with zero attached hydrogens (tertiary/aromatic N) is 4. The Morgan fingerprint density at radius 1 is 1.19 bits per heavy atom. The third-order valence-electron chi connectivity index (χ3n) is 5.03. The van der Waals surface area contributed by atoms with E-state index in [0.717, 1.165) is 23.2 Å². The summed E-state index contributed by atoms with van der Waals surface area (Å²) in [7, 11) is 0. The number of hydrogen-bond acceptors (Lipinski definition) is 6. The van der Waals surface area contributed by atoms with Crippen LogP contribution in [0.4, 0.5) is 0 Å². The second kappa shape index (κ2) is 8.87. The molecule has 0 aliphatic carbocycles. The smallest absolute Gasteiger partial charge is 0.220 e. The van der Waals surface area contributed by atoms with Crippen LogP contribution in [-0.4, -0.2) is 39.5 Å². The van der Waals surface area contributed by atoms with Crippen molar-refractivity contribution in [3.05, 3.63) is 70.3 Å². The summed E-state index contributed by atoms with van der Waals surface area (Å²) in [5.74, 6) is 1.50. The Morgan fingerprint density at radius 3 is 2.68 bits per heavy atom. The van der Waals surface area contributed by atoms with Gasteiger partial charge in [0.1, 0.15) is 17.6 Å². The minimum Gasteiger partial charge on any atom is -0.494 e. The SMILES string of the molecule is Cc1nnc2n1-c1ccc(OCCCN)cc1C(c1ccc(Cl)cc1)=N[C@H]2CC(N)=O. The molecule has 0 unspecified atom stereocenters. The molecule has 4 N–H and O–H groups in total. The van der Waals surface area contributed by atoms with Gasteiger partial charge in [0, 0.05) is 16.1 Å². The van der Waals surface area contributed by atoms with Gasteiger partial charge in [0.2, 0.25) is 5.91 Å². The van der Waals surface area contributed by atoms with Crippen molar-refractivity contribution in [3.63, 3.8) is 0 Å². The van der Waals surface area contributed by atoms with Crippen LogP contribution in [0.5, 0.6) is 5.75 Å².